The molecule has 7 heteroatoms. The molecule has 0 radical (unpaired) electrons. The molecule has 2 aromatic carbocycles. The number of nitrogens with one attached hydrogen (secondary N) is 1. The maximum Gasteiger partial charge on any atom is 0.172 e. The Bertz CT molecular complexity index is 774. The molecule has 5 nitrogen and oxygen atoms in total. The molecule has 0 fully saturated rings. The molecule has 0 saturated carbocycles. The second-order valence-corrected chi connectivity index (χ2v) is 5.35. The van der Waals surface area contributed by atoms with Gasteiger partial charge in [0.15, 0.2) is 11.6 Å². The number of benzene rings is 2. The highest BCUT2D eigenvalue weighted by Gasteiger charge is 2.14. The van der Waals surface area contributed by atoms with Crippen LogP contribution < -0.4 is 10.5 Å². The van der Waals surface area contributed by atoms with Crippen LogP contribution in [0.1, 0.15) is 23.3 Å². The van der Waals surface area contributed by atoms with Gasteiger partial charge in [0.1, 0.15) is 18.2 Å². The van der Waals surface area contributed by atoms with Crippen molar-refractivity contribution in [3.8, 4) is 5.75 Å². The Labute approximate surface area is 137 Å². The molecule has 1 atom stereocenters. The molecule has 3 rings (SSSR count). The maximum absolute atomic E-state index is 12.8. The molecule has 0 aliphatic carbocycles. The molecule has 23 heavy (non-hydrogen) atoms. The number of ether oxygens (including phenoxy) is 1. The summed E-state index contributed by atoms with van der Waals surface area (Å²) in [6.07, 6.45) is 0. The Morgan fingerprint density at radius 1 is 1.13 bits per heavy atom. The van der Waals surface area contributed by atoms with Crippen LogP contribution in [0.2, 0.25) is 5.02 Å². The number of nitrogens with zero attached hydrogens (tertiary/aromatic N) is 2. The first-order chi connectivity index (χ1) is 11.1. The van der Waals surface area contributed by atoms with Crippen LogP contribution in [0.25, 0.3) is 0 Å². The van der Waals surface area contributed by atoms with Crippen LogP contribution in [-0.4, -0.2) is 15.2 Å². The van der Waals surface area contributed by atoms with Crippen molar-refractivity contribution in [2.24, 2.45) is 5.73 Å². The molecule has 1 aromatic heterocycles. The van der Waals surface area contributed by atoms with Crippen molar-refractivity contribution in [1.82, 2.24) is 15.2 Å². The highest BCUT2D eigenvalue weighted by Crippen LogP contribution is 2.19. The Morgan fingerprint density at radius 3 is 2.52 bits per heavy atom. The number of hydrogen-bond donors (Lipinski definition) is 2. The fourth-order valence-corrected chi connectivity index (χ4v) is 2.14. The molecular weight excluding hydrogens is 319 g/mol. The fraction of sp³-hybridized carbons (Fsp3) is 0.125. The van der Waals surface area contributed by atoms with Gasteiger partial charge < -0.3 is 10.5 Å². The van der Waals surface area contributed by atoms with Gasteiger partial charge in [-0.1, -0.05) is 23.7 Å². The average Bonchev–Trinajstić information content (AvgIpc) is 3.03. The quantitative estimate of drug-likeness (QED) is 0.752. The lowest BCUT2D eigenvalue weighted by molar-refractivity contribution is 0.296. The molecule has 118 valence electrons. The molecule has 0 aliphatic rings. The van der Waals surface area contributed by atoms with Crippen molar-refractivity contribution < 1.29 is 9.13 Å². The lowest BCUT2D eigenvalue weighted by Crippen LogP contribution is -2.13. The van der Waals surface area contributed by atoms with Crippen molar-refractivity contribution in [2.45, 2.75) is 12.6 Å². The van der Waals surface area contributed by atoms with Gasteiger partial charge in [-0.05, 0) is 42.0 Å². The van der Waals surface area contributed by atoms with Crippen molar-refractivity contribution >= 4 is 11.6 Å². The topological polar surface area (TPSA) is 76.8 Å². The van der Waals surface area contributed by atoms with Crippen LogP contribution in [0, 0.1) is 5.82 Å². The minimum atomic E-state index is -0.455. The van der Waals surface area contributed by atoms with E-state index < -0.39 is 6.04 Å². The number of halogens is 2. The Hall–Kier alpha value is -2.44. The molecule has 1 heterocycles. The predicted molar refractivity (Wildman–Crippen MR) is 84.6 cm³/mol. The third-order valence-corrected chi connectivity index (χ3v) is 3.50. The predicted octanol–water partition coefficient (Wildman–Crippen LogP) is 3.22. The maximum atomic E-state index is 12.8. The summed E-state index contributed by atoms with van der Waals surface area (Å²) in [4.78, 5) is 4.32. The summed E-state index contributed by atoms with van der Waals surface area (Å²) in [5, 5.41) is 7.53. The summed E-state index contributed by atoms with van der Waals surface area (Å²) in [5.74, 6) is 1.23. The zero-order valence-electron chi connectivity index (χ0n) is 12.0. The molecule has 0 unspecified atom stereocenters. The van der Waals surface area contributed by atoms with Gasteiger partial charge in [0.2, 0.25) is 0 Å². The van der Waals surface area contributed by atoms with Gasteiger partial charge >= 0.3 is 0 Å². The summed E-state index contributed by atoms with van der Waals surface area (Å²) in [5.41, 5.74) is 6.99. The summed E-state index contributed by atoms with van der Waals surface area (Å²) >= 11 is 5.86. The third kappa shape index (κ3) is 3.85. The van der Waals surface area contributed by atoms with E-state index in [4.69, 9.17) is 22.1 Å². The monoisotopic (exact) mass is 332 g/mol. The highest BCUT2D eigenvalue weighted by atomic mass is 35.5. The van der Waals surface area contributed by atoms with E-state index in [9.17, 15) is 4.39 Å². The van der Waals surface area contributed by atoms with E-state index in [1.807, 2.05) is 12.1 Å². The van der Waals surface area contributed by atoms with E-state index in [0.29, 0.717) is 22.4 Å². The molecule has 3 N–H and O–H groups in total. The van der Waals surface area contributed by atoms with Crippen molar-refractivity contribution in [1.29, 1.82) is 0 Å². The van der Waals surface area contributed by atoms with Gasteiger partial charge in [-0.3, -0.25) is 5.10 Å². The second kappa shape index (κ2) is 6.76. The second-order valence-electron chi connectivity index (χ2n) is 4.91. The number of aromatic amines is 1. The van der Waals surface area contributed by atoms with Crippen molar-refractivity contribution in [3.05, 3.63) is 76.6 Å². The van der Waals surface area contributed by atoms with Gasteiger partial charge in [0, 0.05) is 5.02 Å². The SMILES string of the molecule is N[C@H](c1ccc(Cl)cc1)c1n[nH]c(COc2ccc(F)cc2)n1. The minimum Gasteiger partial charge on any atom is -0.486 e. The van der Waals surface area contributed by atoms with Gasteiger partial charge in [-0.25, -0.2) is 9.37 Å². The van der Waals surface area contributed by atoms with Gasteiger partial charge in [0.05, 0.1) is 6.04 Å². The van der Waals surface area contributed by atoms with Crippen LogP contribution >= 0.6 is 11.6 Å². The number of hydrogen-bond acceptors (Lipinski definition) is 4. The Balaban J connectivity index is 1.65. The Kier molecular flexibility index (Phi) is 4.55. The van der Waals surface area contributed by atoms with Crippen LogP contribution in [0.15, 0.2) is 48.5 Å². The van der Waals surface area contributed by atoms with Crippen molar-refractivity contribution in [3.63, 3.8) is 0 Å². The first-order valence-corrected chi connectivity index (χ1v) is 7.30. The first kappa shape index (κ1) is 15.5. The standard InChI is InChI=1S/C16H14ClFN4O/c17-11-3-1-10(2-4-11)15(19)16-20-14(21-22-16)9-23-13-7-5-12(18)6-8-13/h1-8,15H,9,19H2,(H,20,21,22)/t15-/m1/s1. The normalized spacial score (nSPS) is 12.1. The largest absolute Gasteiger partial charge is 0.486 e. The number of aromatic nitrogens is 3. The van der Waals surface area contributed by atoms with E-state index in [1.165, 1.54) is 12.1 Å². The fourth-order valence-electron chi connectivity index (χ4n) is 2.02. The van der Waals surface area contributed by atoms with E-state index in [0.717, 1.165) is 5.56 Å². The molecular formula is C16H14ClFN4O. The van der Waals surface area contributed by atoms with Gasteiger partial charge in [0.25, 0.3) is 0 Å². The van der Waals surface area contributed by atoms with Crippen molar-refractivity contribution in [2.75, 3.05) is 0 Å². The number of nitrogens with two attached hydrogens (primary N) is 1. The zero-order chi connectivity index (χ0) is 16.2. The summed E-state index contributed by atoms with van der Waals surface area (Å²) in [6.45, 7) is 0.186. The average molecular weight is 333 g/mol. The van der Waals surface area contributed by atoms with Gasteiger partial charge in [-0.15, -0.1) is 0 Å². The zero-order valence-corrected chi connectivity index (χ0v) is 12.8. The van der Waals surface area contributed by atoms with Crippen LogP contribution in [0.3, 0.4) is 0 Å². The lowest BCUT2D eigenvalue weighted by Gasteiger charge is -2.07. The van der Waals surface area contributed by atoms with Gasteiger partial charge in [-0.2, -0.15) is 5.10 Å². The van der Waals surface area contributed by atoms with E-state index in [1.54, 1.807) is 24.3 Å². The molecule has 0 amide bonds. The van der Waals surface area contributed by atoms with E-state index in [-0.39, 0.29) is 12.4 Å². The smallest absolute Gasteiger partial charge is 0.172 e. The molecule has 0 bridgehead atoms. The number of rotatable bonds is 5. The molecule has 3 aromatic rings. The molecule has 0 spiro atoms. The number of H-pyrrole nitrogens is 1. The first-order valence-electron chi connectivity index (χ1n) is 6.92. The van der Waals surface area contributed by atoms with E-state index >= 15 is 0 Å². The third-order valence-electron chi connectivity index (χ3n) is 3.25. The van der Waals surface area contributed by atoms with Crippen LogP contribution in [-0.2, 0) is 6.61 Å². The lowest BCUT2D eigenvalue weighted by atomic mass is 10.1. The van der Waals surface area contributed by atoms with Crippen LogP contribution in [0.5, 0.6) is 5.75 Å². The molecule has 0 aliphatic heterocycles. The summed E-state index contributed by atoms with van der Waals surface area (Å²) in [6, 6.07) is 12.5. The molecule has 0 saturated heterocycles. The minimum absolute atomic E-state index is 0.186. The summed E-state index contributed by atoms with van der Waals surface area (Å²) in [7, 11) is 0. The van der Waals surface area contributed by atoms with Crippen LogP contribution in [0.4, 0.5) is 4.39 Å². The van der Waals surface area contributed by atoms with E-state index in [2.05, 4.69) is 15.2 Å². The summed E-state index contributed by atoms with van der Waals surface area (Å²) < 4.78 is 18.3. The highest BCUT2D eigenvalue weighted by molar-refractivity contribution is 6.30. The Morgan fingerprint density at radius 2 is 1.83 bits per heavy atom.